The third kappa shape index (κ3) is 3.53. The van der Waals surface area contributed by atoms with Crippen molar-refractivity contribution in [3.63, 3.8) is 0 Å². The molecule has 0 aliphatic carbocycles. The lowest BCUT2D eigenvalue weighted by atomic mass is 9.86. The predicted octanol–water partition coefficient (Wildman–Crippen LogP) is 7.04. The molecule has 0 bridgehead atoms. The second-order valence-electron chi connectivity index (χ2n) is 6.98. The third-order valence-electron chi connectivity index (χ3n) is 5.30. The minimum absolute atomic E-state index is 0.984. The predicted molar refractivity (Wildman–Crippen MR) is 109 cm³/mol. The van der Waals surface area contributed by atoms with E-state index in [9.17, 15) is 0 Å². The van der Waals surface area contributed by atoms with Crippen LogP contribution in [0.3, 0.4) is 0 Å². The van der Waals surface area contributed by atoms with Gasteiger partial charge in [0.2, 0.25) is 0 Å². The van der Waals surface area contributed by atoms with Crippen LogP contribution in [0.25, 0.3) is 11.6 Å². The quantitative estimate of drug-likeness (QED) is 0.530. The van der Waals surface area contributed by atoms with Crippen molar-refractivity contribution in [2.75, 3.05) is 0 Å². The highest BCUT2D eigenvalue weighted by Gasteiger charge is 2.13. The highest BCUT2D eigenvalue weighted by Crippen LogP contribution is 2.33. The second-order valence-corrected chi connectivity index (χ2v) is 6.98. The summed E-state index contributed by atoms with van der Waals surface area (Å²) in [5.41, 5.74) is 13.1. The van der Waals surface area contributed by atoms with Gasteiger partial charge in [-0.2, -0.15) is 0 Å². The van der Waals surface area contributed by atoms with Crippen LogP contribution >= 0.6 is 0 Å². The van der Waals surface area contributed by atoms with Gasteiger partial charge in [-0.1, -0.05) is 43.8 Å². The van der Waals surface area contributed by atoms with Crippen molar-refractivity contribution in [1.29, 1.82) is 0 Å². The van der Waals surface area contributed by atoms with Gasteiger partial charge in [0.1, 0.15) is 0 Å². The monoisotopic (exact) mass is 318 g/mol. The molecule has 0 amide bonds. The fourth-order valence-corrected chi connectivity index (χ4v) is 3.37. The summed E-state index contributed by atoms with van der Waals surface area (Å²) >= 11 is 0. The van der Waals surface area contributed by atoms with Crippen LogP contribution < -0.4 is 0 Å². The Morgan fingerprint density at radius 1 is 0.833 bits per heavy atom. The molecule has 0 aliphatic rings. The molecule has 0 heteroatoms. The summed E-state index contributed by atoms with van der Waals surface area (Å²) in [5.74, 6) is 0. The molecule has 0 nitrogen and oxygen atoms in total. The zero-order valence-corrected chi connectivity index (χ0v) is 16.3. The van der Waals surface area contributed by atoms with Crippen LogP contribution in [0, 0.1) is 41.5 Å². The van der Waals surface area contributed by atoms with Gasteiger partial charge in [-0.25, -0.2) is 0 Å². The first-order valence-electron chi connectivity index (χ1n) is 8.81. The first kappa shape index (κ1) is 18.3. The molecule has 0 spiro atoms. The zero-order valence-electron chi connectivity index (χ0n) is 16.3. The molecule has 0 radical (unpaired) electrons. The van der Waals surface area contributed by atoms with Crippen LogP contribution in [0.1, 0.15) is 57.9 Å². The first-order valence-corrected chi connectivity index (χ1v) is 8.81. The van der Waals surface area contributed by atoms with E-state index in [0.29, 0.717) is 0 Å². The van der Waals surface area contributed by atoms with Crippen molar-refractivity contribution < 1.29 is 0 Å². The molecule has 0 aliphatic heterocycles. The molecule has 0 N–H and O–H groups in total. The number of hydrogen-bond acceptors (Lipinski definition) is 0. The molecule has 0 unspecified atom stereocenters. The molecular formula is C24H30. The number of benzene rings is 2. The lowest BCUT2D eigenvalue weighted by Crippen LogP contribution is -2.00. The first-order chi connectivity index (χ1) is 11.3. The van der Waals surface area contributed by atoms with Crippen molar-refractivity contribution in [2.45, 2.75) is 54.9 Å². The van der Waals surface area contributed by atoms with Crippen LogP contribution in [0.15, 0.2) is 36.4 Å². The van der Waals surface area contributed by atoms with Gasteiger partial charge in [0.25, 0.3) is 0 Å². The Morgan fingerprint density at radius 3 is 2.08 bits per heavy atom. The van der Waals surface area contributed by atoms with Gasteiger partial charge in [0, 0.05) is 0 Å². The number of rotatable bonds is 4. The lowest BCUT2D eigenvalue weighted by molar-refractivity contribution is 1.15. The Morgan fingerprint density at radius 2 is 1.50 bits per heavy atom. The van der Waals surface area contributed by atoms with Gasteiger partial charge in [-0.15, -0.1) is 0 Å². The smallest absolute Gasteiger partial charge is 0.0126 e. The minimum Gasteiger partial charge on any atom is -0.0909 e. The van der Waals surface area contributed by atoms with Crippen molar-refractivity contribution in [2.24, 2.45) is 0 Å². The van der Waals surface area contributed by atoms with E-state index in [1.165, 1.54) is 50.1 Å². The Kier molecular flexibility index (Phi) is 5.49. The van der Waals surface area contributed by atoms with E-state index in [1.54, 1.807) is 0 Å². The molecule has 0 heterocycles. The molecule has 0 saturated carbocycles. The minimum atomic E-state index is 0.984. The van der Waals surface area contributed by atoms with E-state index in [0.717, 1.165) is 12.0 Å². The molecule has 2 aromatic rings. The topological polar surface area (TPSA) is 0 Å². The van der Waals surface area contributed by atoms with Crippen molar-refractivity contribution in [3.8, 4) is 0 Å². The standard InChI is InChI=1S/C24H30/c1-9-23(14-22-11-10-15(2)16(3)13-22)21(8)24-18(5)12-17(4)19(6)20(24)7/h10-14H,8-9H2,1-7H3. The molecule has 126 valence electrons. The number of aryl methyl sites for hydroxylation is 4. The Bertz CT molecular complexity index is 816. The maximum absolute atomic E-state index is 4.46. The van der Waals surface area contributed by atoms with Crippen LogP contribution in [0.4, 0.5) is 0 Å². The van der Waals surface area contributed by atoms with Crippen molar-refractivity contribution in [3.05, 3.63) is 80.9 Å². The summed E-state index contributed by atoms with van der Waals surface area (Å²) < 4.78 is 0. The van der Waals surface area contributed by atoms with E-state index in [4.69, 9.17) is 0 Å². The number of allylic oxidation sites excluding steroid dienone is 2. The molecule has 2 rings (SSSR count). The summed E-state index contributed by atoms with van der Waals surface area (Å²) in [4.78, 5) is 0. The number of hydrogen-bond donors (Lipinski definition) is 0. The van der Waals surface area contributed by atoms with Gasteiger partial charge in [0.05, 0.1) is 0 Å². The average molecular weight is 319 g/mol. The van der Waals surface area contributed by atoms with Crippen molar-refractivity contribution >= 4 is 11.6 Å². The van der Waals surface area contributed by atoms with Crippen LogP contribution in [0.2, 0.25) is 0 Å². The average Bonchev–Trinajstić information content (AvgIpc) is 2.53. The fraction of sp³-hybridized carbons (Fsp3) is 0.333. The SMILES string of the molecule is C=C(C(=Cc1ccc(C)c(C)c1)CC)c1c(C)cc(C)c(C)c1C. The summed E-state index contributed by atoms with van der Waals surface area (Å²) in [6.07, 6.45) is 3.28. The normalized spacial score (nSPS) is 11.7. The van der Waals surface area contributed by atoms with E-state index in [-0.39, 0.29) is 0 Å². The lowest BCUT2D eigenvalue weighted by Gasteiger charge is -2.19. The summed E-state index contributed by atoms with van der Waals surface area (Å²) in [5, 5.41) is 0. The van der Waals surface area contributed by atoms with Gasteiger partial charge >= 0.3 is 0 Å². The molecule has 0 fully saturated rings. The van der Waals surface area contributed by atoms with E-state index >= 15 is 0 Å². The molecule has 2 aromatic carbocycles. The fourth-order valence-electron chi connectivity index (χ4n) is 3.37. The third-order valence-corrected chi connectivity index (χ3v) is 5.30. The molecule has 24 heavy (non-hydrogen) atoms. The molecule has 0 aromatic heterocycles. The van der Waals surface area contributed by atoms with Crippen LogP contribution in [0.5, 0.6) is 0 Å². The second kappa shape index (κ2) is 7.21. The van der Waals surface area contributed by atoms with E-state index in [1.807, 2.05) is 0 Å². The van der Waals surface area contributed by atoms with Crippen LogP contribution in [-0.2, 0) is 0 Å². The highest BCUT2D eigenvalue weighted by molar-refractivity contribution is 5.86. The Labute approximate surface area is 147 Å². The van der Waals surface area contributed by atoms with E-state index < -0.39 is 0 Å². The Hall–Kier alpha value is -2.08. The summed E-state index contributed by atoms with van der Waals surface area (Å²) in [6, 6.07) is 8.94. The molecule has 0 saturated heterocycles. The van der Waals surface area contributed by atoms with E-state index in [2.05, 4.69) is 85.4 Å². The summed E-state index contributed by atoms with van der Waals surface area (Å²) in [6.45, 7) is 19.8. The van der Waals surface area contributed by atoms with Gasteiger partial charge in [0.15, 0.2) is 0 Å². The molecule has 0 atom stereocenters. The van der Waals surface area contributed by atoms with Crippen molar-refractivity contribution in [1.82, 2.24) is 0 Å². The van der Waals surface area contributed by atoms with Gasteiger partial charge in [-0.3, -0.25) is 0 Å². The van der Waals surface area contributed by atoms with Gasteiger partial charge < -0.3 is 0 Å². The van der Waals surface area contributed by atoms with Gasteiger partial charge in [-0.05, 0) is 104 Å². The zero-order chi connectivity index (χ0) is 18.0. The largest absolute Gasteiger partial charge is 0.0909 e. The molecular weight excluding hydrogens is 288 g/mol. The maximum Gasteiger partial charge on any atom is -0.0126 e. The Balaban J connectivity index is 2.52. The summed E-state index contributed by atoms with van der Waals surface area (Å²) in [7, 11) is 0. The van der Waals surface area contributed by atoms with Crippen LogP contribution in [-0.4, -0.2) is 0 Å². The highest BCUT2D eigenvalue weighted by atomic mass is 14.2. The maximum atomic E-state index is 4.46.